The van der Waals surface area contributed by atoms with E-state index >= 15 is 0 Å². The van der Waals surface area contributed by atoms with Gasteiger partial charge >= 0.3 is 0 Å². The van der Waals surface area contributed by atoms with E-state index in [0.29, 0.717) is 42.2 Å². The van der Waals surface area contributed by atoms with Crippen LogP contribution in [0, 0.1) is 11.8 Å². The van der Waals surface area contributed by atoms with Gasteiger partial charge in [-0.25, -0.2) is 0 Å². The first-order chi connectivity index (χ1) is 13.6. The molecule has 2 heterocycles. The predicted octanol–water partition coefficient (Wildman–Crippen LogP) is 2.97. The highest BCUT2D eigenvalue weighted by Crippen LogP contribution is 2.36. The number of hydrogen-bond acceptors (Lipinski definition) is 4. The predicted molar refractivity (Wildman–Crippen MR) is 104 cm³/mol. The van der Waals surface area contributed by atoms with Crippen molar-refractivity contribution in [3.63, 3.8) is 0 Å². The molecule has 1 aliphatic carbocycles. The Morgan fingerprint density at radius 2 is 1.82 bits per heavy atom. The van der Waals surface area contributed by atoms with Crippen LogP contribution in [-0.2, 0) is 4.74 Å². The highest BCUT2D eigenvalue weighted by Gasteiger charge is 2.37. The van der Waals surface area contributed by atoms with E-state index in [1.54, 1.807) is 25.3 Å². The minimum Gasteiger partial charge on any atom is -0.385 e. The van der Waals surface area contributed by atoms with Gasteiger partial charge in [0.15, 0.2) is 0 Å². The van der Waals surface area contributed by atoms with Gasteiger partial charge in [0, 0.05) is 38.9 Å². The van der Waals surface area contributed by atoms with Crippen molar-refractivity contribution in [2.24, 2.45) is 11.8 Å². The van der Waals surface area contributed by atoms with Crippen LogP contribution in [0.15, 0.2) is 18.2 Å². The van der Waals surface area contributed by atoms with E-state index in [1.165, 1.54) is 30.6 Å². The molecule has 2 fully saturated rings. The first kappa shape index (κ1) is 19.1. The average molecular weight is 384 g/mol. The lowest BCUT2D eigenvalue weighted by Crippen LogP contribution is -2.44. The van der Waals surface area contributed by atoms with E-state index in [1.807, 2.05) is 4.90 Å². The maximum absolute atomic E-state index is 13.1. The number of carbonyl (C=O) groups excluding carboxylic acids is 3. The van der Waals surface area contributed by atoms with Crippen LogP contribution >= 0.6 is 0 Å². The van der Waals surface area contributed by atoms with Gasteiger partial charge in [0.1, 0.15) is 0 Å². The number of methoxy groups -OCH3 is 1. The first-order valence-corrected chi connectivity index (χ1v) is 10.4. The molecule has 4 rings (SSSR count). The Balaban J connectivity index is 1.48. The van der Waals surface area contributed by atoms with Crippen molar-refractivity contribution in [2.45, 2.75) is 38.5 Å². The number of hydrogen-bond donors (Lipinski definition) is 0. The van der Waals surface area contributed by atoms with Crippen LogP contribution in [0.1, 0.15) is 69.6 Å². The van der Waals surface area contributed by atoms with Crippen LogP contribution in [0.2, 0.25) is 0 Å². The molecule has 2 aliphatic heterocycles. The molecule has 28 heavy (non-hydrogen) atoms. The Morgan fingerprint density at radius 1 is 1.07 bits per heavy atom. The molecule has 1 saturated heterocycles. The van der Waals surface area contributed by atoms with Crippen molar-refractivity contribution in [1.82, 2.24) is 9.80 Å². The molecular weight excluding hydrogens is 356 g/mol. The quantitative estimate of drug-likeness (QED) is 0.578. The lowest BCUT2D eigenvalue weighted by Gasteiger charge is -2.41. The van der Waals surface area contributed by atoms with Gasteiger partial charge in [0.2, 0.25) is 0 Å². The second-order valence-corrected chi connectivity index (χ2v) is 8.21. The Kier molecular flexibility index (Phi) is 5.49. The van der Waals surface area contributed by atoms with E-state index < -0.39 is 0 Å². The SMILES string of the molecule is COCCCN1C(=O)c2ccc(C(=O)N3CC[C@@H]4CCCC[C@H]4C3)cc2C1=O. The second-order valence-electron chi connectivity index (χ2n) is 8.21. The summed E-state index contributed by atoms with van der Waals surface area (Å²) >= 11 is 0. The minimum absolute atomic E-state index is 0.0232. The van der Waals surface area contributed by atoms with Crippen molar-refractivity contribution < 1.29 is 19.1 Å². The maximum Gasteiger partial charge on any atom is 0.261 e. The van der Waals surface area contributed by atoms with Gasteiger partial charge in [-0.2, -0.15) is 0 Å². The molecule has 2 atom stereocenters. The highest BCUT2D eigenvalue weighted by molar-refractivity contribution is 6.22. The molecule has 6 heteroatoms. The van der Waals surface area contributed by atoms with E-state index in [9.17, 15) is 14.4 Å². The summed E-state index contributed by atoms with van der Waals surface area (Å²) in [5, 5.41) is 0. The van der Waals surface area contributed by atoms with Gasteiger partial charge in [-0.15, -0.1) is 0 Å². The zero-order valence-corrected chi connectivity index (χ0v) is 16.5. The summed E-state index contributed by atoms with van der Waals surface area (Å²) in [5.41, 5.74) is 1.25. The number of carbonyl (C=O) groups is 3. The topological polar surface area (TPSA) is 66.9 Å². The van der Waals surface area contributed by atoms with Crippen LogP contribution in [0.5, 0.6) is 0 Å². The third kappa shape index (κ3) is 3.46. The summed E-state index contributed by atoms with van der Waals surface area (Å²) in [4.78, 5) is 41.4. The smallest absolute Gasteiger partial charge is 0.261 e. The monoisotopic (exact) mass is 384 g/mol. The number of nitrogens with zero attached hydrogens (tertiary/aromatic N) is 2. The molecule has 0 spiro atoms. The Morgan fingerprint density at radius 3 is 2.61 bits per heavy atom. The van der Waals surface area contributed by atoms with Gasteiger partial charge < -0.3 is 9.64 Å². The molecule has 150 valence electrons. The summed E-state index contributed by atoms with van der Waals surface area (Å²) in [6, 6.07) is 4.94. The number of amides is 3. The van der Waals surface area contributed by atoms with Gasteiger partial charge in [-0.3, -0.25) is 19.3 Å². The van der Waals surface area contributed by atoms with Gasteiger partial charge in [-0.05, 0) is 49.3 Å². The van der Waals surface area contributed by atoms with Crippen molar-refractivity contribution in [1.29, 1.82) is 0 Å². The number of imide groups is 1. The fourth-order valence-electron chi connectivity index (χ4n) is 4.96. The normalized spacial score (nSPS) is 24.3. The van der Waals surface area contributed by atoms with Crippen LogP contribution in [0.3, 0.4) is 0 Å². The summed E-state index contributed by atoms with van der Waals surface area (Å²) in [7, 11) is 1.59. The van der Waals surface area contributed by atoms with Crippen molar-refractivity contribution in [3.05, 3.63) is 34.9 Å². The van der Waals surface area contributed by atoms with Crippen molar-refractivity contribution >= 4 is 17.7 Å². The van der Waals surface area contributed by atoms with Crippen LogP contribution in [0.4, 0.5) is 0 Å². The van der Waals surface area contributed by atoms with Gasteiger partial charge in [-0.1, -0.05) is 19.3 Å². The van der Waals surface area contributed by atoms with Gasteiger partial charge in [0.05, 0.1) is 11.1 Å². The summed E-state index contributed by atoms with van der Waals surface area (Å²) in [6.07, 6.45) is 6.76. The lowest BCUT2D eigenvalue weighted by atomic mass is 9.75. The van der Waals surface area contributed by atoms with E-state index in [0.717, 1.165) is 25.4 Å². The van der Waals surface area contributed by atoms with Crippen LogP contribution in [0.25, 0.3) is 0 Å². The number of ether oxygens (including phenoxy) is 1. The third-order valence-corrected chi connectivity index (χ3v) is 6.53. The molecule has 0 N–H and O–H groups in total. The van der Waals surface area contributed by atoms with Crippen LogP contribution < -0.4 is 0 Å². The summed E-state index contributed by atoms with van der Waals surface area (Å²) in [5.74, 6) is 0.762. The second kappa shape index (κ2) is 8.03. The van der Waals surface area contributed by atoms with E-state index in [-0.39, 0.29) is 17.7 Å². The number of likely N-dealkylation sites (tertiary alicyclic amines) is 1. The van der Waals surface area contributed by atoms with Crippen molar-refractivity contribution in [3.8, 4) is 0 Å². The molecule has 1 saturated carbocycles. The van der Waals surface area contributed by atoms with Crippen molar-refractivity contribution in [2.75, 3.05) is 33.4 Å². The molecule has 1 aromatic carbocycles. The fraction of sp³-hybridized carbons (Fsp3) is 0.591. The minimum atomic E-state index is -0.309. The Labute approximate surface area is 165 Å². The third-order valence-electron chi connectivity index (χ3n) is 6.53. The van der Waals surface area contributed by atoms with Crippen LogP contribution in [-0.4, -0.2) is 60.9 Å². The standard InChI is InChI=1S/C22H28N2O4/c1-28-12-4-10-24-21(26)18-8-7-16(13-19(18)22(24)27)20(25)23-11-9-15-5-2-3-6-17(15)14-23/h7-8,13,15,17H,2-6,9-12,14H2,1H3/t15-,17-/m0/s1. The Hall–Kier alpha value is -2.21. The zero-order valence-electron chi connectivity index (χ0n) is 16.5. The average Bonchev–Trinajstić information content (AvgIpc) is 2.97. The summed E-state index contributed by atoms with van der Waals surface area (Å²) in [6.45, 7) is 2.43. The van der Waals surface area contributed by atoms with E-state index in [2.05, 4.69) is 0 Å². The molecule has 0 unspecified atom stereocenters. The van der Waals surface area contributed by atoms with E-state index in [4.69, 9.17) is 4.74 Å². The maximum atomic E-state index is 13.1. The molecule has 0 radical (unpaired) electrons. The Bertz CT molecular complexity index is 791. The summed E-state index contributed by atoms with van der Waals surface area (Å²) < 4.78 is 5.01. The molecule has 3 aliphatic rings. The fourth-order valence-corrected chi connectivity index (χ4v) is 4.96. The molecule has 0 bridgehead atoms. The number of piperidine rings is 1. The van der Waals surface area contributed by atoms with Gasteiger partial charge in [0.25, 0.3) is 17.7 Å². The first-order valence-electron chi connectivity index (χ1n) is 10.4. The molecule has 6 nitrogen and oxygen atoms in total. The number of benzene rings is 1. The molecular formula is C22H28N2O4. The molecule has 0 aromatic heterocycles. The highest BCUT2D eigenvalue weighted by atomic mass is 16.5. The number of rotatable bonds is 5. The molecule has 3 amide bonds. The lowest BCUT2D eigenvalue weighted by molar-refractivity contribution is 0.0520. The largest absolute Gasteiger partial charge is 0.385 e. The number of fused-ring (bicyclic) bond motifs is 2. The zero-order chi connectivity index (χ0) is 19.7. The molecule has 1 aromatic rings.